The van der Waals surface area contributed by atoms with E-state index in [1.54, 1.807) is 31.4 Å². The molecule has 2 N–H and O–H groups in total. The largest absolute Gasteiger partial charge is 0.497 e. The van der Waals surface area contributed by atoms with Gasteiger partial charge in [0.2, 0.25) is 0 Å². The smallest absolute Gasteiger partial charge is 0.339 e. The second-order valence-corrected chi connectivity index (χ2v) is 4.54. The minimum Gasteiger partial charge on any atom is -0.497 e. The van der Waals surface area contributed by atoms with Crippen molar-refractivity contribution in [1.29, 1.82) is 0 Å². The first-order valence-electron chi connectivity index (χ1n) is 6.17. The van der Waals surface area contributed by atoms with Crippen LogP contribution in [0.25, 0.3) is 0 Å². The maximum absolute atomic E-state index is 11.6. The van der Waals surface area contributed by atoms with Crippen molar-refractivity contribution < 1.29 is 9.53 Å². The van der Waals surface area contributed by atoms with E-state index in [1.165, 1.54) is 6.21 Å². The molecule has 0 saturated heterocycles. The number of benzene rings is 2. The van der Waals surface area contributed by atoms with Gasteiger partial charge >= 0.3 is 6.03 Å². The molecule has 0 saturated carbocycles. The van der Waals surface area contributed by atoms with Crippen molar-refractivity contribution in [2.45, 2.75) is 0 Å². The molecule has 0 atom stereocenters. The summed E-state index contributed by atoms with van der Waals surface area (Å²) in [7, 11) is 1.60. The number of anilines is 1. The average molecular weight is 304 g/mol. The van der Waals surface area contributed by atoms with Crippen molar-refractivity contribution in [3.8, 4) is 5.75 Å². The molecule has 0 heterocycles. The van der Waals surface area contributed by atoms with Crippen LogP contribution in [-0.4, -0.2) is 19.4 Å². The maximum Gasteiger partial charge on any atom is 0.339 e. The van der Waals surface area contributed by atoms with Gasteiger partial charge in [0.05, 0.1) is 13.3 Å². The lowest BCUT2D eigenvalue weighted by Gasteiger charge is -2.04. The molecular formula is C15H14ClN3O2. The highest BCUT2D eigenvalue weighted by Gasteiger charge is 2.00. The summed E-state index contributed by atoms with van der Waals surface area (Å²) in [5, 5.41) is 7.02. The molecule has 6 heteroatoms. The molecule has 0 radical (unpaired) electrons. The van der Waals surface area contributed by atoms with Gasteiger partial charge in [-0.25, -0.2) is 10.2 Å². The van der Waals surface area contributed by atoms with Crippen molar-refractivity contribution in [3.05, 3.63) is 59.1 Å². The van der Waals surface area contributed by atoms with Gasteiger partial charge in [-0.2, -0.15) is 5.10 Å². The summed E-state index contributed by atoms with van der Waals surface area (Å²) in [6, 6.07) is 13.7. The second-order valence-electron chi connectivity index (χ2n) is 4.11. The Morgan fingerprint density at radius 3 is 2.67 bits per heavy atom. The zero-order valence-electron chi connectivity index (χ0n) is 11.3. The lowest BCUT2D eigenvalue weighted by Crippen LogP contribution is -2.24. The quantitative estimate of drug-likeness (QED) is 0.670. The van der Waals surface area contributed by atoms with Gasteiger partial charge < -0.3 is 10.1 Å². The number of methoxy groups -OCH3 is 1. The van der Waals surface area contributed by atoms with Gasteiger partial charge in [-0.05, 0) is 48.0 Å². The van der Waals surface area contributed by atoms with Crippen molar-refractivity contribution >= 4 is 29.5 Å². The normalized spacial score (nSPS) is 10.4. The molecule has 0 aliphatic rings. The first-order chi connectivity index (χ1) is 10.2. The van der Waals surface area contributed by atoms with Crippen LogP contribution in [0.3, 0.4) is 0 Å². The van der Waals surface area contributed by atoms with Gasteiger partial charge in [-0.15, -0.1) is 0 Å². The molecule has 2 rings (SSSR count). The van der Waals surface area contributed by atoms with Crippen molar-refractivity contribution in [2.75, 3.05) is 12.4 Å². The highest BCUT2D eigenvalue weighted by atomic mass is 35.5. The van der Waals surface area contributed by atoms with Crippen LogP contribution in [0.1, 0.15) is 5.56 Å². The summed E-state index contributed by atoms with van der Waals surface area (Å²) >= 11 is 5.83. The van der Waals surface area contributed by atoms with Gasteiger partial charge in [0, 0.05) is 10.7 Å². The number of rotatable bonds is 4. The fourth-order valence-corrected chi connectivity index (χ4v) is 1.77. The standard InChI is InChI=1S/C15H14ClN3O2/c1-21-14-7-5-11(6-8-14)10-17-19-15(20)18-13-4-2-3-12(16)9-13/h2-10H,1H3,(H2,18,19,20). The minimum atomic E-state index is -0.443. The monoisotopic (exact) mass is 303 g/mol. The van der Waals surface area contributed by atoms with E-state index in [0.29, 0.717) is 10.7 Å². The number of urea groups is 1. The summed E-state index contributed by atoms with van der Waals surface area (Å²) in [6.45, 7) is 0. The lowest BCUT2D eigenvalue weighted by atomic mass is 10.2. The summed E-state index contributed by atoms with van der Waals surface area (Å²) < 4.78 is 5.05. The summed E-state index contributed by atoms with van der Waals surface area (Å²) in [4.78, 5) is 11.6. The minimum absolute atomic E-state index is 0.443. The third-order valence-corrected chi connectivity index (χ3v) is 2.81. The van der Waals surface area contributed by atoms with E-state index in [-0.39, 0.29) is 0 Å². The fourth-order valence-electron chi connectivity index (χ4n) is 1.58. The van der Waals surface area contributed by atoms with Crippen LogP contribution in [0, 0.1) is 0 Å². The number of hydrazone groups is 1. The van der Waals surface area contributed by atoms with Gasteiger partial charge in [0.1, 0.15) is 5.75 Å². The number of nitrogens with zero attached hydrogens (tertiary/aromatic N) is 1. The van der Waals surface area contributed by atoms with E-state index in [1.807, 2.05) is 24.3 Å². The lowest BCUT2D eigenvalue weighted by molar-refractivity contribution is 0.252. The molecule has 0 aromatic heterocycles. The van der Waals surface area contributed by atoms with Crippen LogP contribution in [0.4, 0.5) is 10.5 Å². The van der Waals surface area contributed by atoms with Gasteiger partial charge in [0.25, 0.3) is 0 Å². The molecule has 2 amide bonds. The zero-order valence-corrected chi connectivity index (χ0v) is 12.1. The summed E-state index contributed by atoms with van der Waals surface area (Å²) in [6.07, 6.45) is 1.54. The maximum atomic E-state index is 11.6. The molecule has 2 aromatic carbocycles. The fraction of sp³-hybridized carbons (Fsp3) is 0.0667. The number of ether oxygens (including phenoxy) is 1. The molecule has 0 aliphatic heterocycles. The van der Waals surface area contributed by atoms with Crippen molar-refractivity contribution in [3.63, 3.8) is 0 Å². The first-order valence-corrected chi connectivity index (χ1v) is 6.55. The Morgan fingerprint density at radius 2 is 2.00 bits per heavy atom. The Balaban J connectivity index is 1.86. The molecule has 0 aliphatic carbocycles. The molecule has 2 aromatic rings. The zero-order chi connectivity index (χ0) is 15.1. The average Bonchev–Trinajstić information content (AvgIpc) is 2.48. The number of carbonyl (C=O) groups is 1. The Kier molecular flexibility index (Phi) is 5.17. The molecule has 0 fully saturated rings. The van der Waals surface area contributed by atoms with Gasteiger partial charge in [-0.1, -0.05) is 17.7 Å². The number of carbonyl (C=O) groups excluding carboxylic acids is 1. The topological polar surface area (TPSA) is 62.7 Å². The van der Waals surface area contributed by atoms with Crippen LogP contribution < -0.4 is 15.5 Å². The Hall–Kier alpha value is -2.53. The number of hydrogen-bond donors (Lipinski definition) is 2. The Labute approximate surface area is 127 Å². The molecule has 0 spiro atoms. The third-order valence-electron chi connectivity index (χ3n) is 2.58. The molecule has 0 unspecified atom stereocenters. The molecule has 5 nitrogen and oxygen atoms in total. The van der Waals surface area contributed by atoms with Crippen LogP contribution in [0.2, 0.25) is 5.02 Å². The van der Waals surface area contributed by atoms with Crippen LogP contribution in [0.15, 0.2) is 53.6 Å². The number of hydrogen-bond acceptors (Lipinski definition) is 3. The predicted molar refractivity (Wildman–Crippen MR) is 84.2 cm³/mol. The predicted octanol–water partition coefficient (Wildman–Crippen LogP) is 3.50. The van der Waals surface area contributed by atoms with E-state index >= 15 is 0 Å². The van der Waals surface area contributed by atoms with E-state index in [4.69, 9.17) is 16.3 Å². The summed E-state index contributed by atoms with van der Waals surface area (Å²) in [5.74, 6) is 0.763. The van der Waals surface area contributed by atoms with E-state index in [2.05, 4.69) is 15.8 Å². The first kappa shape index (κ1) is 14.9. The number of amides is 2. The molecule has 108 valence electrons. The second kappa shape index (κ2) is 7.31. The molecule has 21 heavy (non-hydrogen) atoms. The van der Waals surface area contributed by atoms with Crippen LogP contribution in [-0.2, 0) is 0 Å². The van der Waals surface area contributed by atoms with E-state index in [9.17, 15) is 4.79 Å². The highest BCUT2D eigenvalue weighted by molar-refractivity contribution is 6.30. The highest BCUT2D eigenvalue weighted by Crippen LogP contribution is 2.14. The van der Waals surface area contributed by atoms with Crippen molar-refractivity contribution in [1.82, 2.24) is 5.43 Å². The van der Waals surface area contributed by atoms with E-state index < -0.39 is 6.03 Å². The van der Waals surface area contributed by atoms with Gasteiger partial charge in [0.15, 0.2) is 0 Å². The summed E-state index contributed by atoms with van der Waals surface area (Å²) in [5.41, 5.74) is 3.82. The Bertz CT molecular complexity index is 642. The number of nitrogens with one attached hydrogen (secondary N) is 2. The van der Waals surface area contributed by atoms with Crippen LogP contribution >= 0.6 is 11.6 Å². The number of halogens is 1. The third kappa shape index (κ3) is 4.81. The van der Waals surface area contributed by atoms with Crippen LogP contribution in [0.5, 0.6) is 5.75 Å². The van der Waals surface area contributed by atoms with Gasteiger partial charge in [-0.3, -0.25) is 0 Å². The van der Waals surface area contributed by atoms with E-state index in [0.717, 1.165) is 11.3 Å². The SMILES string of the molecule is COc1ccc(C=NNC(=O)Nc2cccc(Cl)c2)cc1. The molecular weight excluding hydrogens is 290 g/mol. The Morgan fingerprint density at radius 1 is 1.24 bits per heavy atom. The molecule has 0 bridgehead atoms. The van der Waals surface area contributed by atoms with Crippen molar-refractivity contribution in [2.24, 2.45) is 5.10 Å².